The van der Waals surface area contributed by atoms with Crippen LogP contribution in [0.25, 0.3) is 0 Å². The summed E-state index contributed by atoms with van der Waals surface area (Å²) < 4.78 is 28.5. The van der Waals surface area contributed by atoms with Gasteiger partial charge < -0.3 is 15.2 Å². The fraction of sp³-hybridized carbons (Fsp3) is 1.00. The summed E-state index contributed by atoms with van der Waals surface area (Å²) in [5.74, 6) is 0.413. The highest BCUT2D eigenvalue weighted by Crippen LogP contribution is 1.94. The Kier molecular flexibility index (Phi) is 7.93. The maximum Gasteiger partial charge on any atom is 0.250 e. The summed E-state index contributed by atoms with van der Waals surface area (Å²) in [7, 11) is 0. The summed E-state index contributed by atoms with van der Waals surface area (Å²) in [4.78, 5) is 0. The van der Waals surface area contributed by atoms with Crippen LogP contribution in [-0.2, 0) is 4.74 Å². The number of aliphatic hydroxyl groups is 1. The number of hydrogen-bond acceptors (Lipinski definition) is 3. The first-order chi connectivity index (χ1) is 6.52. The van der Waals surface area contributed by atoms with Gasteiger partial charge in [0.2, 0.25) is 0 Å². The Morgan fingerprint density at radius 2 is 1.86 bits per heavy atom. The summed E-state index contributed by atoms with van der Waals surface area (Å²) in [6.45, 7) is 4.52. The molecule has 0 spiro atoms. The van der Waals surface area contributed by atoms with E-state index >= 15 is 0 Å². The Labute approximate surface area is 83.4 Å². The molecule has 0 saturated carbocycles. The molecular formula is C9H19F2NO2. The van der Waals surface area contributed by atoms with Gasteiger partial charge in [0.1, 0.15) is 0 Å². The average molecular weight is 211 g/mol. The van der Waals surface area contributed by atoms with Crippen molar-refractivity contribution in [1.82, 2.24) is 5.32 Å². The molecule has 0 aliphatic rings. The van der Waals surface area contributed by atoms with E-state index in [2.05, 4.69) is 5.32 Å². The number of nitrogens with one attached hydrogen (secondary N) is 1. The zero-order valence-electron chi connectivity index (χ0n) is 8.67. The predicted octanol–water partition coefficient (Wildman–Crippen LogP) is 0.875. The lowest BCUT2D eigenvalue weighted by atomic mass is 10.2. The SMILES string of the molecule is CC(C)COCC(O)CNCC(F)F. The largest absolute Gasteiger partial charge is 0.389 e. The van der Waals surface area contributed by atoms with Gasteiger partial charge in [-0.3, -0.25) is 0 Å². The molecule has 0 saturated heterocycles. The Morgan fingerprint density at radius 3 is 2.36 bits per heavy atom. The van der Waals surface area contributed by atoms with Crippen molar-refractivity contribution in [2.75, 3.05) is 26.3 Å². The van der Waals surface area contributed by atoms with Gasteiger partial charge in [-0.15, -0.1) is 0 Å². The lowest BCUT2D eigenvalue weighted by Gasteiger charge is -2.13. The van der Waals surface area contributed by atoms with Crippen LogP contribution < -0.4 is 5.32 Å². The molecule has 0 bridgehead atoms. The Balaban J connectivity index is 3.23. The number of hydrogen-bond donors (Lipinski definition) is 2. The fourth-order valence-corrected chi connectivity index (χ4v) is 0.858. The van der Waals surface area contributed by atoms with E-state index in [1.54, 1.807) is 0 Å². The predicted molar refractivity (Wildman–Crippen MR) is 50.5 cm³/mol. The minimum absolute atomic E-state index is 0.141. The number of aliphatic hydroxyl groups excluding tert-OH is 1. The van der Waals surface area contributed by atoms with E-state index in [0.717, 1.165) is 0 Å². The summed E-state index contributed by atoms with van der Waals surface area (Å²) >= 11 is 0. The highest BCUT2D eigenvalue weighted by Gasteiger charge is 2.06. The van der Waals surface area contributed by atoms with Gasteiger partial charge in [0, 0.05) is 13.2 Å². The molecular weight excluding hydrogens is 192 g/mol. The van der Waals surface area contributed by atoms with Gasteiger partial charge in [-0.1, -0.05) is 13.8 Å². The molecule has 86 valence electrons. The number of halogens is 2. The normalized spacial score (nSPS) is 13.9. The number of alkyl halides is 2. The zero-order valence-corrected chi connectivity index (χ0v) is 8.67. The van der Waals surface area contributed by atoms with E-state index in [1.165, 1.54) is 0 Å². The van der Waals surface area contributed by atoms with E-state index in [9.17, 15) is 13.9 Å². The van der Waals surface area contributed by atoms with E-state index in [-0.39, 0.29) is 19.7 Å². The second-order valence-electron chi connectivity index (χ2n) is 3.63. The highest BCUT2D eigenvalue weighted by molar-refractivity contribution is 4.59. The molecule has 0 amide bonds. The maximum atomic E-state index is 11.7. The minimum Gasteiger partial charge on any atom is -0.389 e. The number of ether oxygens (including phenoxy) is 1. The lowest BCUT2D eigenvalue weighted by molar-refractivity contribution is 0.0241. The van der Waals surface area contributed by atoms with Crippen LogP contribution in [0.2, 0.25) is 0 Å². The van der Waals surface area contributed by atoms with Gasteiger partial charge in [-0.05, 0) is 5.92 Å². The Morgan fingerprint density at radius 1 is 1.21 bits per heavy atom. The van der Waals surface area contributed by atoms with Gasteiger partial charge >= 0.3 is 0 Å². The van der Waals surface area contributed by atoms with Crippen molar-refractivity contribution in [3.05, 3.63) is 0 Å². The van der Waals surface area contributed by atoms with Crippen molar-refractivity contribution in [2.24, 2.45) is 5.92 Å². The van der Waals surface area contributed by atoms with E-state index in [1.807, 2.05) is 13.8 Å². The first kappa shape index (κ1) is 13.7. The van der Waals surface area contributed by atoms with Crippen molar-refractivity contribution < 1.29 is 18.6 Å². The molecule has 14 heavy (non-hydrogen) atoms. The third-order valence-corrected chi connectivity index (χ3v) is 1.44. The molecule has 1 atom stereocenters. The monoisotopic (exact) mass is 211 g/mol. The molecule has 0 rings (SSSR count). The van der Waals surface area contributed by atoms with Crippen LogP contribution in [0.5, 0.6) is 0 Å². The van der Waals surface area contributed by atoms with Crippen molar-refractivity contribution in [1.29, 1.82) is 0 Å². The second-order valence-corrected chi connectivity index (χ2v) is 3.63. The average Bonchev–Trinajstić information content (AvgIpc) is 2.02. The Hall–Kier alpha value is -0.260. The van der Waals surface area contributed by atoms with Crippen molar-refractivity contribution >= 4 is 0 Å². The summed E-state index contributed by atoms with van der Waals surface area (Å²) in [6.07, 6.45) is -3.09. The van der Waals surface area contributed by atoms with Crippen LogP contribution in [0.3, 0.4) is 0 Å². The van der Waals surface area contributed by atoms with Crippen LogP contribution in [0.1, 0.15) is 13.8 Å². The lowest BCUT2D eigenvalue weighted by Crippen LogP contribution is -2.33. The summed E-state index contributed by atoms with van der Waals surface area (Å²) in [6, 6.07) is 0. The molecule has 0 aliphatic heterocycles. The molecule has 0 radical (unpaired) electrons. The van der Waals surface area contributed by atoms with Gasteiger partial charge in [0.15, 0.2) is 0 Å². The molecule has 1 unspecified atom stereocenters. The van der Waals surface area contributed by atoms with Crippen molar-refractivity contribution in [2.45, 2.75) is 26.4 Å². The van der Waals surface area contributed by atoms with Crippen LogP contribution >= 0.6 is 0 Å². The third kappa shape index (κ3) is 9.83. The molecule has 3 nitrogen and oxygen atoms in total. The van der Waals surface area contributed by atoms with Gasteiger partial charge in [-0.25, -0.2) is 8.78 Å². The van der Waals surface area contributed by atoms with Gasteiger partial charge in [-0.2, -0.15) is 0 Å². The maximum absolute atomic E-state index is 11.7. The standard InChI is InChI=1S/C9H19F2NO2/c1-7(2)5-14-6-8(13)3-12-4-9(10)11/h7-9,12-13H,3-6H2,1-2H3. The van der Waals surface area contributed by atoms with Crippen molar-refractivity contribution in [3.8, 4) is 0 Å². The summed E-state index contributed by atoms with van der Waals surface area (Å²) in [5.41, 5.74) is 0. The fourth-order valence-electron chi connectivity index (χ4n) is 0.858. The van der Waals surface area contributed by atoms with Crippen LogP contribution in [0.4, 0.5) is 8.78 Å². The first-order valence-electron chi connectivity index (χ1n) is 4.77. The second kappa shape index (κ2) is 8.08. The van der Waals surface area contributed by atoms with E-state index in [4.69, 9.17) is 4.74 Å². The quantitative estimate of drug-likeness (QED) is 0.626. The van der Waals surface area contributed by atoms with Crippen LogP contribution in [0.15, 0.2) is 0 Å². The smallest absolute Gasteiger partial charge is 0.250 e. The molecule has 0 aromatic carbocycles. The number of rotatable bonds is 8. The van der Waals surface area contributed by atoms with Gasteiger partial charge in [0.05, 0.1) is 19.3 Å². The van der Waals surface area contributed by atoms with Gasteiger partial charge in [0.25, 0.3) is 6.43 Å². The van der Waals surface area contributed by atoms with Crippen molar-refractivity contribution in [3.63, 3.8) is 0 Å². The molecule has 0 aromatic rings. The topological polar surface area (TPSA) is 41.5 Å². The first-order valence-corrected chi connectivity index (χ1v) is 4.77. The molecule has 5 heteroatoms. The minimum atomic E-state index is -2.38. The Bertz CT molecular complexity index is 120. The molecule has 0 aromatic heterocycles. The summed E-state index contributed by atoms with van der Waals surface area (Å²) in [5, 5.41) is 11.7. The van der Waals surface area contributed by atoms with E-state index in [0.29, 0.717) is 12.5 Å². The molecule has 2 N–H and O–H groups in total. The molecule has 0 fully saturated rings. The highest BCUT2D eigenvalue weighted by atomic mass is 19.3. The molecule has 0 heterocycles. The third-order valence-electron chi connectivity index (χ3n) is 1.44. The van der Waals surface area contributed by atoms with Crippen LogP contribution in [-0.4, -0.2) is 43.9 Å². The molecule has 0 aliphatic carbocycles. The zero-order chi connectivity index (χ0) is 11.0. The van der Waals surface area contributed by atoms with Crippen LogP contribution in [0, 0.1) is 5.92 Å². The van der Waals surface area contributed by atoms with E-state index < -0.39 is 12.5 Å².